The zero-order valence-corrected chi connectivity index (χ0v) is 21.0. The molecule has 0 aromatic heterocycles. The van der Waals surface area contributed by atoms with E-state index in [9.17, 15) is 19.8 Å². The van der Waals surface area contributed by atoms with E-state index in [1.807, 2.05) is 24.3 Å². The molecule has 8 nitrogen and oxygen atoms in total. The van der Waals surface area contributed by atoms with E-state index in [1.54, 1.807) is 82.6 Å². The van der Waals surface area contributed by atoms with Crippen LogP contribution >= 0.6 is 0 Å². The molecule has 2 amide bonds. The zero-order valence-electron chi connectivity index (χ0n) is 21.0. The number of phenolic OH excluding ortho intramolecular Hbond substituents is 2. The van der Waals surface area contributed by atoms with Gasteiger partial charge in [0.25, 0.3) is 0 Å². The molecule has 2 fully saturated rings. The van der Waals surface area contributed by atoms with Crippen LogP contribution in [0.2, 0.25) is 0 Å². The summed E-state index contributed by atoms with van der Waals surface area (Å²) in [6.45, 7) is 0. The first-order valence-electron chi connectivity index (χ1n) is 12.7. The number of nitrogens with zero attached hydrogens (tertiary/aromatic N) is 2. The van der Waals surface area contributed by atoms with Gasteiger partial charge in [-0.2, -0.15) is 0 Å². The summed E-state index contributed by atoms with van der Waals surface area (Å²) < 4.78 is 11.7. The summed E-state index contributed by atoms with van der Waals surface area (Å²) in [5.41, 5.74) is 0.609. The number of benzene rings is 4. The lowest BCUT2D eigenvalue weighted by molar-refractivity contribution is -0.117. The number of phenols is 2. The van der Waals surface area contributed by atoms with Gasteiger partial charge in [-0.1, -0.05) is 0 Å². The lowest BCUT2D eigenvalue weighted by Crippen LogP contribution is -2.56. The molecule has 4 aromatic rings. The van der Waals surface area contributed by atoms with Crippen molar-refractivity contribution in [2.24, 2.45) is 0 Å². The third-order valence-corrected chi connectivity index (χ3v) is 7.14. The Morgan fingerprint density at radius 2 is 0.821 bits per heavy atom. The summed E-state index contributed by atoms with van der Waals surface area (Å²) in [6.07, 6.45) is 1.76. The summed E-state index contributed by atoms with van der Waals surface area (Å²) in [4.78, 5) is 29.9. The fourth-order valence-corrected chi connectivity index (χ4v) is 5.37. The van der Waals surface area contributed by atoms with Gasteiger partial charge in [0.2, 0.25) is 11.8 Å². The van der Waals surface area contributed by atoms with Gasteiger partial charge < -0.3 is 19.7 Å². The predicted octanol–water partition coefficient (Wildman–Crippen LogP) is 6.33. The Morgan fingerprint density at radius 1 is 0.513 bits per heavy atom. The molecule has 0 aliphatic carbocycles. The molecule has 8 heteroatoms. The van der Waals surface area contributed by atoms with Crippen LogP contribution in [0.15, 0.2) is 97.1 Å². The van der Waals surface area contributed by atoms with Crippen LogP contribution in [0.1, 0.15) is 25.7 Å². The van der Waals surface area contributed by atoms with Crippen LogP contribution in [0.5, 0.6) is 34.5 Å². The van der Waals surface area contributed by atoms with Crippen LogP contribution in [-0.2, 0) is 9.59 Å². The summed E-state index contributed by atoms with van der Waals surface area (Å²) in [5.74, 6) is 2.60. The molecule has 196 valence electrons. The Balaban J connectivity index is 1.25. The van der Waals surface area contributed by atoms with Crippen molar-refractivity contribution in [1.29, 1.82) is 0 Å². The SMILES string of the molecule is O=C1CCC2(CCC(=O)N2c2ccc(Oc3ccc(O)cc3)cc2)N1c1ccc(Oc2ccc(O)cc2)cc1. The maximum atomic E-state index is 13.2. The van der Waals surface area contributed by atoms with Crippen molar-refractivity contribution >= 4 is 23.2 Å². The maximum absolute atomic E-state index is 13.2. The molecule has 39 heavy (non-hydrogen) atoms. The highest BCUT2D eigenvalue weighted by Gasteiger charge is 2.56. The third kappa shape index (κ3) is 4.61. The van der Waals surface area contributed by atoms with E-state index in [-0.39, 0.29) is 23.3 Å². The number of carbonyl (C=O) groups excluding carboxylic acids is 2. The van der Waals surface area contributed by atoms with Gasteiger partial charge in [-0.3, -0.25) is 19.4 Å². The number of hydrogen-bond acceptors (Lipinski definition) is 6. The van der Waals surface area contributed by atoms with E-state index in [4.69, 9.17) is 9.47 Å². The number of rotatable bonds is 6. The van der Waals surface area contributed by atoms with Crippen molar-refractivity contribution in [3.63, 3.8) is 0 Å². The molecule has 0 radical (unpaired) electrons. The quantitative estimate of drug-likeness (QED) is 0.307. The van der Waals surface area contributed by atoms with Crippen molar-refractivity contribution in [2.75, 3.05) is 9.80 Å². The van der Waals surface area contributed by atoms with E-state index in [0.29, 0.717) is 60.1 Å². The van der Waals surface area contributed by atoms with E-state index in [1.165, 1.54) is 0 Å². The van der Waals surface area contributed by atoms with Crippen LogP contribution in [0, 0.1) is 0 Å². The lowest BCUT2D eigenvalue weighted by Gasteiger charge is -2.42. The Hall–Kier alpha value is -4.98. The number of carbonyl (C=O) groups is 2. The topological polar surface area (TPSA) is 99.5 Å². The molecule has 6 rings (SSSR count). The number of ether oxygens (including phenoxy) is 2. The second kappa shape index (κ2) is 9.72. The normalized spacial score (nSPS) is 16.2. The minimum Gasteiger partial charge on any atom is -0.508 e. The van der Waals surface area contributed by atoms with E-state index in [0.717, 1.165) is 0 Å². The minimum atomic E-state index is -0.785. The van der Waals surface area contributed by atoms with Crippen LogP contribution in [0.4, 0.5) is 11.4 Å². The van der Waals surface area contributed by atoms with Crippen LogP contribution in [-0.4, -0.2) is 27.7 Å². The molecule has 2 aliphatic rings. The number of anilines is 2. The molecule has 0 atom stereocenters. The van der Waals surface area contributed by atoms with Crippen molar-refractivity contribution < 1.29 is 29.3 Å². The van der Waals surface area contributed by atoms with Crippen molar-refractivity contribution in [2.45, 2.75) is 31.3 Å². The molecule has 4 aromatic carbocycles. The van der Waals surface area contributed by atoms with Gasteiger partial charge in [0.05, 0.1) is 0 Å². The highest BCUT2D eigenvalue weighted by Crippen LogP contribution is 2.47. The smallest absolute Gasteiger partial charge is 0.229 e. The van der Waals surface area contributed by atoms with Gasteiger partial charge in [0, 0.05) is 24.2 Å². The van der Waals surface area contributed by atoms with E-state index >= 15 is 0 Å². The molecule has 2 heterocycles. The maximum Gasteiger partial charge on any atom is 0.229 e. The Labute approximate surface area is 225 Å². The van der Waals surface area contributed by atoms with Gasteiger partial charge >= 0.3 is 0 Å². The second-order valence-electron chi connectivity index (χ2n) is 9.62. The molecule has 2 N–H and O–H groups in total. The summed E-state index contributed by atoms with van der Waals surface area (Å²) in [7, 11) is 0. The molecule has 1 spiro atoms. The van der Waals surface area contributed by atoms with Gasteiger partial charge in [-0.25, -0.2) is 0 Å². The first-order valence-corrected chi connectivity index (χ1v) is 12.7. The van der Waals surface area contributed by atoms with Crippen LogP contribution < -0.4 is 19.3 Å². The van der Waals surface area contributed by atoms with Gasteiger partial charge in [-0.05, 0) is 110 Å². The molecule has 0 saturated carbocycles. The molecule has 0 bridgehead atoms. The second-order valence-corrected chi connectivity index (χ2v) is 9.62. The predicted molar refractivity (Wildman–Crippen MR) is 145 cm³/mol. The first-order chi connectivity index (χ1) is 18.9. The summed E-state index contributed by atoms with van der Waals surface area (Å²) >= 11 is 0. The fourth-order valence-electron chi connectivity index (χ4n) is 5.37. The molecular formula is C31H26N2O6. The van der Waals surface area contributed by atoms with Crippen molar-refractivity contribution in [3.05, 3.63) is 97.1 Å². The van der Waals surface area contributed by atoms with Crippen LogP contribution in [0.25, 0.3) is 0 Å². The minimum absolute atomic E-state index is 0.0332. The largest absolute Gasteiger partial charge is 0.508 e. The van der Waals surface area contributed by atoms with Gasteiger partial charge in [0.1, 0.15) is 40.2 Å². The summed E-state index contributed by atoms with van der Waals surface area (Å²) in [5, 5.41) is 19.0. The fraction of sp³-hybridized carbons (Fsp3) is 0.161. The highest BCUT2D eigenvalue weighted by atomic mass is 16.5. The average Bonchev–Trinajstić information content (AvgIpc) is 3.45. The van der Waals surface area contributed by atoms with E-state index < -0.39 is 5.66 Å². The van der Waals surface area contributed by atoms with Crippen molar-refractivity contribution in [1.82, 2.24) is 0 Å². The molecule has 2 saturated heterocycles. The Bertz CT molecular complexity index is 1380. The van der Waals surface area contributed by atoms with Gasteiger partial charge in [0.15, 0.2) is 0 Å². The highest BCUT2D eigenvalue weighted by molar-refractivity contribution is 6.05. The third-order valence-electron chi connectivity index (χ3n) is 7.14. The average molecular weight is 523 g/mol. The zero-order chi connectivity index (χ0) is 27.0. The Morgan fingerprint density at radius 3 is 1.15 bits per heavy atom. The van der Waals surface area contributed by atoms with Gasteiger partial charge in [-0.15, -0.1) is 0 Å². The monoisotopic (exact) mass is 522 g/mol. The molecule has 2 aliphatic heterocycles. The molecule has 0 unspecified atom stereocenters. The van der Waals surface area contributed by atoms with Crippen molar-refractivity contribution in [3.8, 4) is 34.5 Å². The first kappa shape index (κ1) is 24.4. The molecular weight excluding hydrogens is 496 g/mol. The lowest BCUT2D eigenvalue weighted by atomic mass is 10.0. The number of hydrogen-bond donors (Lipinski definition) is 2. The summed E-state index contributed by atoms with van der Waals surface area (Å²) in [6, 6.07) is 27.4. The van der Waals surface area contributed by atoms with E-state index in [2.05, 4.69) is 0 Å². The number of aromatic hydroxyl groups is 2. The van der Waals surface area contributed by atoms with Crippen LogP contribution in [0.3, 0.4) is 0 Å². The number of amides is 2. The Kier molecular flexibility index (Phi) is 6.07. The standard InChI is InChI=1S/C31H26N2O6/c34-23-5-13-27(14-6-23)38-25-9-1-21(2-10-25)32-29(36)17-19-31(32)20-18-30(37)33(31)22-3-11-26(12-4-22)39-28-15-7-24(35)8-16-28/h1-16,34-35H,17-20H2.